The second kappa shape index (κ2) is 9.86. The summed E-state index contributed by atoms with van der Waals surface area (Å²) in [5, 5.41) is 2.89. The van der Waals surface area contributed by atoms with Crippen LogP contribution in [0.5, 0.6) is 5.75 Å². The molecule has 1 rings (SSSR count). The smallest absolute Gasteiger partial charge is 0.257 e. The molecule has 0 atom stereocenters. The van der Waals surface area contributed by atoms with E-state index in [0.717, 1.165) is 12.8 Å². The van der Waals surface area contributed by atoms with Gasteiger partial charge in [-0.25, -0.2) is 8.42 Å². The van der Waals surface area contributed by atoms with Gasteiger partial charge in [0.15, 0.2) is 6.61 Å². The number of nitrogens with zero attached hydrogens (tertiary/aromatic N) is 1. The van der Waals surface area contributed by atoms with Gasteiger partial charge in [-0.1, -0.05) is 38.8 Å². The van der Waals surface area contributed by atoms with Crippen LogP contribution in [0, 0.1) is 0 Å². The molecule has 0 radical (unpaired) electrons. The van der Waals surface area contributed by atoms with E-state index in [1.165, 1.54) is 22.5 Å². The van der Waals surface area contributed by atoms with Gasteiger partial charge >= 0.3 is 0 Å². The van der Waals surface area contributed by atoms with E-state index < -0.39 is 10.0 Å². The molecule has 0 fully saturated rings. The molecule has 1 N–H and O–H groups in total. The Balaban J connectivity index is 2.76. The van der Waals surface area contributed by atoms with Crippen molar-refractivity contribution in [3.8, 4) is 5.75 Å². The molecule has 0 heterocycles. The van der Waals surface area contributed by atoms with E-state index in [-0.39, 0.29) is 28.2 Å². The van der Waals surface area contributed by atoms with Crippen LogP contribution in [0.15, 0.2) is 23.1 Å². The van der Waals surface area contributed by atoms with Crippen molar-refractivity contribution in [1.29, 1.82) is 0 Å². The molecule has 0 saturated heterocycles. The SMILES string of the molecule is CCCCNC(=O)COc1ccc(S(=O)(=O)N(CC)CC)cc1Cl. The summed E-state index contributed by atoms with van der Waals surface area (Å²) in [5.74, 6) is 0.0418. The number of ether oxygens (including phenoxy) is 1. The zero-order valence-electron chi connectivity index (χ0n) is 14.3. The van der Waals surface area contributed by atoms with Crippen LogP contribution >= 0.6 is 11.6 Å². The molecule has 0 saturated carbocycles. The Kier molecular flexibility index (Phi) is 8.52. The summed E-state index contributed by atoms with van der Waals surface area (Å²) >= 11 is 6.10. The second-order valence-corrected chi connectivity index (χ2v) is 7.52. The Morgan fingerprint density at radius 3 is 2.46 bits per heavy atom. The normalized spacial score (nSPS) is 11.5. The Morgan fingerprint density at radius 2 is 1.92 bits per heavy atom. The van der Waals surface area contributed by atoms with Crippen molar-refractivity contribution in [2.75, 3.05) is 26.2 Å². The molecule has 8 heteroatoms. The Labute approximate surface area is 149 Å². The Hall–Kier alpha value is -1.31. The number of hydrogen-bond acceptors (Lipinski definition) is 4. The molecular weight excluding hydrogens is 352 g/mol. The molecule has 1 amide bonds. The minimum absolute atomic E-state index is 0.107. The molecule has 0 aliphatic carbocycles. The minimum atomic E-state index is -3.57. The van der Waals surface area contributed by atoms with E-state index in [1.807, 2.05) is 6.92 Å². The van der Waals surface area contributed by atoms with Crippen molar-refractivity contribution in [3.63, 3.8) is 0 Å². The van der Waals surface area contributed by atoms with Crippen LogP contribution in [0.25, 0.3) is 0 Å². The summed E-state index contributed by atoms with van der Waals surface area (Å²) in [7, 11) is -3.57. The third kappa shape index (κ3) is 5.65. The molecule has 0 spiro atoms. The molecular formula is C16H25ClN2O4S. The number of hydrogen-bond donors (Lipinski definition) is 1. The summed E-state index contributed by atoms with van der Waals surface area (Å²) in [6.07, 6.45) is 1.90. The maximum absolute atomic E-state index is 12.4. The highest BCUT2D eigenvalue weighted by Gasteiger charge is 2.22. The van der Waals surface area contributed by atoms with Crippen molar-refractivity contribution >= 4 is 27.5 Å². The van der Waals surface area contributed by atoms with Gasteiger partial charge in [0.25, 0.3) is 5.91 Å². The fourth-order valence-electron chi connectivity index (χ4n) is 2.07. The standard InChI is InChI=1S/C16H25ClN2O4S/c1-4-7-10-18-16(20)12-23-15-9-8-13(11-14(15)17)24(21,22)19(5-2)6-3/h8-9,11H,4-7,10,12H2,1-3H3,(H,18,20). The van der Waals surface area contributed by atoms with Crippen molar-refractivity contribution in [2.45, 2.75) is 38.5 Å². The average molecular weight is 377 g/mol. The van der Waals surface area contributed by atoms with E-state index >= 15 is 0 Å². The van der Waals surface area contributed by atoms with E-state index in [2.05, 4.69) is 5.32 Å². The summed E-state index contributed by atoms with van der Waals surface area (Å²) < 4.78 is 31.6. The number of rotatable bonds is 10. The lowest BCUT2D eigenvalue weighted by Gasteiger charge is -2.19. The molecule has 1 aromatic rings. The molecule has 0 unspecified atom stereocenters. The maximum atomic E-state index is 12.4. The topological polar surface area (TPSA) is 75.7 Å². The highest BCUT2D eigenvalue weighted by atomic mass is 35.5. The number of amides is 1. The second-order valence-electron chi connectivity index (χ2n) is 5.17. The Bertz CT molecular complexity index is 645. The van der Waals surface area contributed by atoms with Gasteiger partial charge in [-0.3, -0.25) is 4.79 Å². The first-order chi connectivity index (χ1) is 11.4. The highest BCUT2D eigenvalue weighted by molar-refractivity contribution is 7.89. The van der Waals surface area contributed by atoms with Crippen molar-refractivity contribution in [1.82, 2.24) is 9.62 Å². The van der Waals surface area contributed by atoms with Gasteiger partial charge in [0.1, 0.15) is 5.75 Å². The predicted molar refractivity (Wildman–Crippen MR) is 95.0 cm³/mol. The molecule has 0 aliphatic rings. The van der Waals surface area contributed by atoms with Gasteiger partial charge in [0, 0.05) is 19.6 Å². The molecule has 24 heavy (non-hydrogen) atoms. The lowest BCUT2D eigenvalue weighted by Crippen LogP contribution is -2.30. The van der Waals surface area contributed by atoms with Gasteiger partial charge < -0.3 is 10.1 Å². The molecule has 0 aliphatic heterocycles. The number of benzene rings is 1. The lowest BCUT2D eigenvalue weighted by atomic mass is 10.3. The number of carbonyl (C=O) groups excluding carboxylic acids is 1. The third-order valence-corrected chi connectivity index (χ3v) is 5.80. The third-order valence-electron chi connectivity index (χ3n) is 3.46. The first kappa shape index (κ1) is 20.7. The van der Waals surface area contributed by atoms with Gasteiger partial charge in [-0.15, -0.1) is 0 Å². The highest BCUT2D eigenvalue weighted by Crippen LogP contribution is 2.28. The lowest BCUT2D eigenvalue weighted by molar-refractivity contribution is -0.123. The minimum Gasteiger partial charge on any atom is -0.482 e. The number of nitrogens with one attached hydrogen (secondary N) is 1. The monoisotopic (exact) mass is 376 g/mol. The summed E-state index contributed by atoms with van der Waals surface area (Å²) in [6.45, 7) is 6.79. The largest absolute Gasteiger partial charge is 0.482 e. The van der Waals surface area contributed by atoms with Crippen LogP contribution in [0.1, 0.15) is 33.6 Å². The first-order valence-corrected chi connectivity index (χ1v) is 9.87. The quantitative estimate of drug-likeness (QED) is 0.637. The number of halogens is 1. The van der Waals surface area contributed by atoms with Crippen LogP contribution in [-0.4, -0.2) is 44.9 Å². The molecule has 0 bridgehead atoms. The van der Waals surface area contributed by atoms with E-state index in [0.29, 0.717) is 19.6 Å². The first-order valence-electron chi connectivity index (χ1n) is 8.05. The zero-order valence-corrected chi connectivity index (χ0v) is 15.9. The zero-order chi connectivity index (χ0) is 18.2. The van der Waals surface area contributed by atoms with E-state index in [4.69, 9.17) is 16.3 Å². The van der Waals surface area contributed by atoms with E-state index in [9.17, 15) is 13.2 Å². The fourth-order valence-corrected chi connectivity index (χ4v) is 3.86. The molecule has 136 valence electrons. The maximum Gasteiger partial charge on any atom is 0.257 e. The van der Waals surface area contributed by atoms with E-state index in [1.54, 1.807) is 13.8 Å². The predicted octanol–water partition coefficient (Wildman–Crippen LogP) is 2.67. The molecule has 1 aromatic carbocycles. The van der Waals surface area contributed by atoms with Crippen LogP contribution in [-0.2, 0) is 14.8 Å². The number of sulfonamides is 1. The van der Waals surface area contributed by atoms with Crippen LogP contribution < -0.4 is 10.1 Å². The summed E-state index contributed by atoms with van der Waals surface area (Å²) in [6, 6.07) is 4.25. The van der Waals surface area contributed by atoms with Crippen molar-refractivity contribution in [2.24, 2.45) is 0 Å². The fraction of sp³-hybridized carbons (Fsp3) is 0.562. The van der Waals surface area contributed by atoms with Crippen LogP contribution in [0.2, 0.25) is 5.02 Å². The Morgan fingerprint density at radius 1 is 1.25 bits per heavy atom. The van der Waals surface area contributed by atoms with Gasteiger partial charge in [0.2, 0.25) is 10.0 Å². The van der Waals surface area contributed by atoms with Crippen LogP contribution in [0.3, 0.4) is 0 Å². The van der Waals surface area contributed by atoms with Crippen molar-refractivity contribution in [3.05, 3.63) is 23.2 Å². The van der Waals surface area contributed by atoms with Gasteiger partial charge in [0.05, 0.1) is 9.92 Å². The van der Waals surface area contributed by atoms with Gasteiger partial charge in [-0.2, -0.15) is 4.31 Å². The molecule has 6 nitrogen and oxygen atoms in total. The summed E-state index contributed by atoms with van der Waals surface area (Å²) in [4.78, 5) is 11.7. The van der Waals surface area contributed by atoms with Crippen molar-refractivity contribution < 1.29 is 17.9 Å². The number of unbranched alkanes of at least 4 members (excludes halogenated alkanes) is 1. The van der Waals surface area contributed by atoms with Gasteiger partial charge in [-0.05, 0) is 24.6 Å². The molecule has 0 aromatic heterocycles. The van der Waals surface area contributed by atoms with Crippen LogP contribution in [0.4, 0.5) is 0 Å². The average Bonchev–Trinajstić information content (AvgIpc) is 2.54. The summed E-state index contributed by atoms with van der Waals surface area (Å²) in [5.41, 5.74) is 0. The number of carbonyl (C=O) groups is 1.